The standard InChI is InChI=1S/C10H14O3S.C7H6N2O5.CH4/c1-7-5-8(2)10(9(3)6-7)13-14(11)12-4;1-14-7-3-2-5(8(10)11)4-6(7)9(12)13;/h5-6H,1-4H3;2-4H,1H3;1H4. The van der Waals surface area contributed by atoms with E-state index in [2.05, 4.69) is 8.92 Å². The van der Waals surface area contributed by atoms with Gasteiger partial charge in [-0.3, -0.25) is 24.4 Å². The molecule has 160 valence electrons. The Balaban J connectivity index is 0.000000523. The molecule has 0 aliphatic rings. The van der Waals surface area contributed by atoms with Gasteiger partial charge in [0.15, 0.2) is 5.75 Å². The van der Waals surface area contributed by atoms with Crippen molar-refractivity contribution in [3.8, 4) is 11.5 Å². The molecule has 0 aromatic heterocycles. The molecule has 0 aliphatic carbocycles. The Morgan fingerprint density at radius 1 is 0.931 bits per heavy atom. The van der Waals surface area contributed by atoms with Gasteiger partial charge in [0.1, 0.15) is 5.75 Å². The Kier molecular flexibility index (Phi) is 10.5. The number of nitrogens with zero attached hydrogens (tertiary/aromatic N) is 2. The van der Waals surface area contributed by atoms with Crippen molar-refractivity contribution in [3.63, 3.8) is 0 Å². The largest absolute Gasteiger partial charge is 0.490 e. The maximum Gasteiger partial charge on any atom is 0.359 e. The van der Waals surface area contributed by atoms with E-state index in [1.54, 1.807) is 0 Å². The number of nitro groups is 2. The Morgan fingerprint density at radius 2 is 1.48 bits per heavy atom. The Morgan fingerprint density at radius 3 is 1.90 bits per heavy atom. The van der Waals surface area contributed by atoms with Gasteiger partial charge in [-0.1, -0.05) is 25.1 Å². The lowest BCUT2D eigenvalue weighted by Crippen LogP contribution is -2.04. The van der Waals surface area contributed by atoms with Crippen LogP contribution >= 0.6 is 0 Å². The highest BCUT2D eigenvalue weighted by molar-refractivity contribution is 7.75. The van der Waals surface area contributed by atoms with Crippen molar-refractivity contribution in [2.45, 2.75) is 28.2 Å². The summed E-state index contributed by atoms with van der Waals surface area (Å²) in [6.45, 7) is 5.85. The SMILES string of the molecule is C.COS(=O)Oc1c(C)cc(C)cc1C.COc1ccc([N+](=O)[O-])cc1[N+](=O)[O-]. The molecule has 1 atom stereocenters. The fourth-order valence-electron chi connectivity index (χ4n) is 2.33. The number of ether oxygens (including phenoxy) is 1. The third-order valence-electron chi connectivity index (χ3n) is 3.46. The van der Waals surface area contributed by atoms with Crippen molar-refractivity contribution in [2.24, 2.45) is 0 Å². The summed E-state index contributed by atoms with van der Waals surface area (Å²) in [6.07, 6.45) is 0. The van der Waals surface area contributed by atoms with Gasteiger partial charge >= 0.3 is 17.0 Å². The van der Waals surface area contributed by atoms with Gasteiger partial charge in [-0.2, -0.15) is 4.21 Å². The first kappa shape index (κ1) is 26.0. The molecular formula is C18H24N2O8S. The molecule has 0 amide bonds. The summed E-state index contributed by atoms with van der Waals surface area (Å²) in [4.78, 5) is 19.3. The number of non-ortho nitro benzene ring substituents is 1. The summed E-state index contributed by atoms with van der Waals surface area (Å²) in [5.41, 5.74) is 2.34. The lowest BCUT2D eigenvalue weighted by molar-refractivity contribution is -0.394. The van der Waals surface area contributed by atoms with Gasteiger partial charge in [0, 0.05) is 6.07 Å². The molecule has 1 unspecified atom stereocenters. The number of hydrogen-bond donors (Lipinski definition) is 0. The van der Waals surface area contributed by atoms with Crippen LogP contribution in [0, 0.1) is 41.0 Å². The fourth-order valence-corrected chi connectivity index (χ4v) is 2.80. The van der Waals surface area contributed by atoms with Crippen molar-refractivity contribution >= 4 is 22.7 Å². The molecular weight excluding hydrogens is 404 g/mol. The van der Waals surface area contributed by atoms with E-state index < -0.39 is 26.9 Å². The van der Waals surface area contributed by atoms with E-state index >= 15 is 0 Å². The van der Waals surface area contributed by atoms with Crippen LogP contribution in [0.1, 0.15) is 24.1 Å². The Labute approximate surface area is 171 Å². The van der Waals surface area contributed by atoms with Crippen molar-refractivity contribution in [1.29, 1.82) is 0 Å². The smallest absolute Gasteiger partial charge is 0.359 e. The van der Waals surface area contributed by atoms with Gasteiger partial charge in [0.25, 0.3) is 5.69 Å². The number of methoxy groups -OCH3 is 1. The summed E-state index contributed by atoms with van der Waals surface area (Å²) < 4.78 is 25.4. The number of aryl methyl sites for hydroxylation is 3. The van der Waals surface area contributed by atoms with E-state index in [1.807, 2.05) is 32.9 Å². The van der Waals surface area contributed by atoms with Crippen LogP contribution < -0.4 is 8.92 Å². The molecule has 0 spiro atoms. The lowest BCUT2D eigenvalue weighted by Gasteiger charge is -2.10. The van der Waals surface area contributed by atoms with E-state index in [0.29, 0.717) is 5.75 Å². The number of rotatable bonds is 6. The molecule has 0 N–H and O–H groups in total. The van der Waals surface area contributed by atoms with Crippen molar-refractivity contribution in [3.05, 3.63) is 67.3 Å². The van der Waals surface area contributed by atoms with E-state index in [-0.39, 0.29) is 18.9 Å². The molecule has 10 nitrogen and oxygen atoms in total. The Hall–Kier alpha value is -3.05. The van der Waals surface area contributed by atoms with Crippen LogP contribution in [0.25, 0.3) is 0 Å². The van der Waals surface area contributed by atoms with Crippen molar-refractivity contribution < 1.29 is 27.2 Å². The fraction of sp³-hybridized carbons (Fsp3) is 0.333. The molecule has 0 aliphatic heterocycles. The molecule has 0 saturated carbocycles. The van der Waals surface area contributed by atoms with Gasteiger partial charge < -0.3 is 8.92 Å². The second-order valence-corrected chi connectivity index (χ2v) is 6.46. The highest BCUT2D eigenvalue weighted by atomic mass is 32.2. The molecule has 2 rings (SSSR count). The first-order valence-corrected chi connectivity index (χ1v) is 8.79. The first-order chi connectivity index (χ1) is 13.1. The molecule has 2 aromatic carbocycles. The topological polar surface area (TPSA) is 131 Å². The van der Waals surface area contributed by atoms with Crippen LogP contribution in [0.15, 0.2) is 30.3 Å². The molecule has 0 bridgehead atoms. The minimum absolute atomic E-state index is 0. The lowest BCUT2D eigenvalue weighted by atomic mass is 10.1. The molecule has 11 heteroatoms. The highest BCUT2D eigenvalue weighted by Crippen LogP contribution is 2.30. The van der Waals surface area contributed by atoms with Crippen LogP contribution in [0.2, 0.25) is 0 Å². The average molecular weight is 428 g/mol. The van der Waals surface area contributed by atoms with Gasteiger partial charge in [0.05, 0.1) is 30.1 Å². The van der Waals surface area contributed by atoms with E-state index in [1.165, 1.54) is 20.3 Å². The molecule has 0 heterocycles. The van der Waals surface area contributed by atoms with Crippen LogP contribution in [-0.4, -0.2) is 28.3 Å². The predicted molar refractivity (Wildman–Crippen MR) is 109 cm³/mol. The van der Waals surface area contributed by atoms with Gasteiger partial charge in [-0.25, -0.2) is 0 Å². The molecule has 29 heavy (non-hydrogen) atoms. The third-order valence-corrected chi connectivity index (χ3v) is 4.04. The zero-order chi connectivity index (χ0) is 21.4. The van der Waals surface area contributed by atoms with Crippen LogP contribution in [0.3, 0.4) is 0 Å². The Bertz CT molecular complexity index is 878. The van der Waals surface area contributed by atoms with E-state index in [4.69, 9.17) is 4.18 Å². The quantitative estimate of drug-likeness (QED) is 0.490. The zero-order valence-electron chi connectivity index (χ0n) is 16.0. The third kappa shape index (κ3) is 7.47. The first-order valence-electron chi connectivity index (χ1n) is 7.79. The van der Waals surface area contributed by atoms with Gasteiger partial charge in [-0.15, -0.1) is 0 Å². The normalized spacial score (nSPS) is 10.7. The zero-order valence-corrected chi connectivity index (χ0v) is 16.8. The average Bonchev–Trinajstić information content (AvgIpc) is 2.64. The maximum absolute atomic E-state index is 11.0. The second-order valence-electron chi connectivity index (χ2n) is 5.55. The summed E-state index contributed by atoms with van der Waals surface area (Å²) in [5.74, 6) is 0.636. The van der Waals surface area contributed by atoms with Gasteiger partial charge in [-0.05, 0) is 38.0 Å². The summed E-state index contributed by atoms with van der Waals surface area (Å²) in [5, 5.41) is 20.8. The van der Waals surface area contributed by atoms with Crippen molar-refractivity contribution in [2.75, 3.05) is 14.2 Å². The van der Waals surface area contributed by atoms with Crippen LogP contribution in [0.5, 0.6) is 11.5 Å². The van der Waals surface area contributed by atoms with E-state index in [9.17, 15) is 24.4 Å². The molecule has 2 aromatic rings. The van der Waals surface area contributed by atoms with E-state index in [0.717, 1.165) is 28.8 Å². The number of benzene rings is 2. The van der Waals surface area contributed by atoms with Gasteiger partial charge in [0.2, 0.25) is 0 Å². The molecule has 0 fully saturated rings. The summed E-state index contributed by atoms with van der Waals surface area (Å²) in [6, 6.07) is 7.16. The second kappa shape index (κ2) is 11.7. The van der Waals surface area contributed by atoms with Crippen molar-refractivity contribution in [1.82, 2.24) is 0 Å². The minimum Gasteiger partial charge on any atom is -0.490 e. The van der Waals surface area contributed by atoms with Crippen LogP contribution in [-0.2, 0) is 15.5 Å². The highest BCUT2D eigenvalue weighted by Gasteiger charge is 2.19. The monoisotopic (exact) mass is 428 g/mol. The molecule has 0 saturated heterocycles. The predicted octanol–water partition coefficient (Wildman–Crippen LogP) is 4.36. The minimum atomic E-state index is -1.71. The number of nitro benzene ring substituents is 2. The summed E-state index contributed by atoms with van der Waals surface area (Å²) >= 11 is -1.71. The maximum atomic E-state index is 11.0. The van der Waals surface area contributed by atoms with Crippen LogP contribution in [0.4, 0.5) is 11.4 Å². The number of hydrogen-bond acceptors (Lipinski definition) is 8. The molecule has 0 radical (unpaired) electrons. The summed E-state index contributed by atoms with van der Waals surface area (Å²) in [7, 11) is 2.60.